The number of alkyl halides is 1. The molecule has 0 heterocycles. The molecule has 0 aliphatic heterocycles. The number of nitro benzene ring substituents is 1. The monoisotopic (exact) mass is 413 g/mol. The lowest BCUT2D eigenvalue weighted by Crippen LogP contribution is -2.03. The molecule has 0 bridgehead atoms. The number of hydrogen-bond donors (Lipinski definition) is 0. The Morgan fingerprint density at radius 2 is 1.86 bits per heavy atom. The highest BCUT2D eigenvalue weighted by atomic mass is 79.9. The van der Waals surface area contributed by atoms with Crippen LogP contribution in [0, 0.1) is 10.1 Å². The Morgan fingerprint density at radius 1 is 1.14 bits per heavy atom. The molecule has 0 atom stereocenters. The van der Waals surface area contributed by atoms with Crippen molar-refractivity contribution in [1.82, 2.24) is 0 Å². The largest absolute Gasteiger partial charge is 0.493 e. The van der Waals surface area contributed by atoms with Gasteiger partial charge in [-0.1, -0.05) is 44.0 Å². The fourth-order valence-electron chi connectivity index (χ4n) is 1.86. The van der Waals surface area contributed by atoms with Crippen molar-refractivity contribution in [2.24, 2.45) is 0 Å². The Bertz CT molecular complexity index is 629. The van der Waals surface area contributed by atoms with Crippen molar-refractivity contribution in [3.05, 3.63) is 68.2 Å². The quantitative estimate of drug-likeness (QED) is 0.384. The van der Waals surface area contributed by atoms with Crippen LogP contribution in [0.2, 0.25) is 0 Å². The van der Waals surface area contributed by atoms with Gasteiger partial charge in [-0.15, -0.1) is 0 Å². The van der Waals surface area contributed by atoms with Gasteiger partial charge in [-0.05, 0) is 23.8 Å². The lowest BCUT2D eigenvalue weighted by molar-refractivity contribution is -0.384. The Balaban J connectivity index is 1.93. The van der Waals surface area contributed by atoms with E-state index in [4.69, 9.17) is 4.74 Å². The minimum atomic E-state index is -0.398. The van der Waals surface area contributed by atoms with E-state index in [-0.39, 0.29) is 5.69 Å². The van der Waals surface area contributed by atoms with Gasteiger partial charge in [-0.3, -0.25) is 10.1 Å². The lowest BCUT2D eigenvalue weighted by Gasteiger charge is -2.10. The number of benzene rings is 2. The van der Waals surface area contributed by atoms with Crippen molar-refractivity contribution in [3.8, 4) is 5.75 Å². The normalized spacial score (nSPS) is 10.4. The van der Waals surface area contributed by atoms with Gasteiger partial charge < -0.3 is 4.74 Å². The van der Waals surface area contributed by atoms with Gasteiger partial charge in [-0.2, -0.15) is 0 Å². The number of non-ortho nitro benzene ring substituents is 1. The maximum Gasteiger partial charge on any atom is 0.269 e. The molecular weight excluding hydrogens is 402 g/mol. The number of nitro groups is 1. The maximum absolute atomic E-state index is 10.6. The summed E-state index contributed by atoms with van der Waals surface area (Å²) in [5.74, 6) is 0.844. The van der Waals surface area contributed by atoms with Crippen LogP contribution >= 0.6 is 31.9 Å². The van der Waals surface area contributed by atoms with Crippen molar-refractivity contribution >= 4 is 37.5 Å². The molecule has 0 amide bonds. The molecule has 0 radical (unpaired) electrons. The summed E-state index contributed by atoms with van der Waals surface area (Å²) in [6.45, 7) is 0.527. The fourth-order valence-corrected chi connectivity index (χ4v) is 2.70. The summed E-state index contributed by atoms with van der Waals surface area (Å²) in [6.07, 6.45) is 0.704. The molecule has 0 saturated heterocycles. The zero-order chi connectivity index (χ0) is 15.2. The average Bonchev–Trinajstić information content (AvgIpc) is 2.49. The van der Waals surface area contributed by atoms with Crippen molar-refractivity contribution in [3.63, 3.8) is 0 Å². The molecule has 0 unspecified atom stereocenters. The van der Waals surface area contributed by atoms with E-state index in [0.717, 1.165) is 26.7 Å². The summed E-state index contributed by atoms with van der Waals surface area (Å²) in [5, 5.41) is 11.3. The third kappa shape index (κ3) is 4.54. The van der Waals surface area contributed by atoms with Crippen LogP contribution in [0.25, 0.3) is 0 Å². The Labute approximate surface area is 139 Å². The first-order valence-electron chi connectivity index (χ1n) is 6.30. The smallest absolute Gasteiger partial charge is 0.269 e. The topological polar surface area (TPSA) is 52.4 Å². The van der Waals surface area contributed by atoms with Crippen molar-refractivity contribution in [2.75, 3.05) is 6.61 Å². The van der Waals surface area contributed by atoms with Crippen LogP contribution in [0.15, 0.2) is 46.9 Å². The third-order valence-electron chi connectivity index (χ3n) is 2.96. The molecule has 2 aromatic rings. The van der Waals surface area contributed by atoms with Crippen molar-refractivity contribution < 1.29 is 9.66 Å². The first-order chi connectivity index (χ1) is 10.1. The number of hydrogen-bond acceptors (Lipinski definition) is 3. The Hall–Kier alpha value is -1.40. The number of halogens is 2. The molecule has 0 aliphatic carbocycles. The predicted molar refractivity (Wildman–Crippen MR) is 89.1 cm³/mol. The van der Waals surface area contributed by atoms with E-state index in [1.807, 2.05) is 18.2 Å². The molecule has 0 aliphatic rings. The fraction of sp³-hybridized carbons (Fsp3) is 0.200. The molecule has 21 heavy (non-hydrogen) atoms. The van der Waals surface area contributed by atoms with Crippen LogP contribution in [0.3, 0.4) is 0 Å². The van der Waals surface area contributed by atoms with Gasteiger partial charge in [0.05, 0.1) is 11.5 Å². The van der Waals surface area contributed by atoms with Gasteiger partial charge >= 0.3 is 0 Å². The minimum Gasteiger partial charge on any atom is -0.493 e. The van der Waals surface area contributed by atoms with E-state index >= 15 is 0 Å². The van der Waals surface area contributed by atoms with Gasteiger partial charge in [0, 0.05) is 33.9 Å². The Morgan fingerprint density at radius 3 is 2.48 bits per heavy atom. The van der Waals surface area contributed by atoms with E-state index < -0.39 is 4.92 Å². The third-order valence-corrected chi connectivity index (χ3v) is 4.06. The summed E-state index contributed by atoms with van der Waals surface area (Å²) >= 11 is 6.87. The summed E-state index contributed by atoms with van der Waals surface area (Å²) in [7, 11) is 0. The second-order valence-electron chi connectivity index (χ2n) is 4.41. The van der Waals surface area contributed by atoms with Gasteiger partial charge in [0.2, 0.25) is 0 Å². The van der Waals surface area contributed by atoms with Gasteiger partial charge in [0.15, 0.2) is 0 Å². The summed E-state index contributed by atoms with van der Waals surface area (Å²) < 4.78 is 6.79. The number of ether oxygens (including phenoxy) is 1. The number of rotatable bonds is 6. The van der Waals surface area contributed by atoms with Crippen molar-refractivity contribution in [1.29, 1.82) is 0 Å². The molecule has 2 rings (SSSR count). The van der Waals surface area contributed by atoms with E-state index in [9.17, 15) is 10.1 Å². The summed E-state index contributed by atoms with van der Waals surface area (Å²) in [5.41, 5.74) is 2.19. The van der Waals surface area contributed by atoms with Gasteiger partial charge in [0.25, 0.3) is 5.69 Å². The second kappa shape index (κ2) is 7.56. The first kappa shape index (κ1) is 16.0. The minimum absolute atomic E-state index is 0.106. The summed E-state index contributed by atoms with van der Waals surface area (Å²) in [6, 6.07) is 12.4. The molecule has 0 N–H and O–H groups in total. The zero-order valence-corrected chi connectivity index (χ0v) is 14.3. The van der Waals surface area contributed by atoms with Crippen LogP contribution in [0.1, 0.15) is 11.1 Å². The number of nitrogens with zero attached hydrogens (tertiary/aromatic N) is 1. The van der Waals surface area contributed by atoms with Crippen LogP contribution in [0.5, 0.6) is 5.75 Å². The highest BCUT2D eigenvalue weighted by Crippen LogP contribution is 2.25. The highest BCUT2D eigenvalue weighted by Gasteiger charge is 2.06. The van der Waals surface area contributed by atoms with E-state index in [1.165, 1.54) is 12.1 Å². The summed E-state index contributed by atoms with van der Waals surface area (Å²) in [4.78, 5) is 10.2. The van der Waals surface area contributed by atoms with E-state index in [2.05, 4.69) is 31.9 Å². The molecular formula is C15H13Br2NO3. The van der Waals surface area contributed by atoms with Crippen LogP contribution < -0.4 is 4.74 Å². The maximum atomic E-state index is 10.6. The van der Waals surface area contributed by atoms with E-state index in [0.29, 0.717) is 13.0 Å². The zero-order valence-electron chi connectivity index (χ0n) is 11.1. The lowest BCUT2D eigenvalue weighted by atomic mass is 10.1. The molecule has 110 valence electrons. The van der Waals surface area contributed by atoms with Gasteiger partial charge in [-0.25, -0.2) is 0 Å². The van der Waals surface area contributed by atoms with Crippen LogP contribution in [-0.4, -0.2) is 11.5 Å². The molecule has 0 saturated carbocycles. The molecule has 6 heteroatoms. The standard InChI is InChI=1S/C15H13Br2NO3/c16-10-12-9-13(17)3-6-15(12)21-8-7-11-1-4-14(5-2-11)18(19)20/h1-6,9H,7-8,10H2. The molecule has 2 aromatic carbocycles. The predicted octanol–water partition coefficient (Wildman–Crippen LogP) is 4.87. The average molecular weight is 415 g/mol. The van der Waals surface area contributed by atoms with Crippen LogP contribution in [-0.2, 0) is 11.8 Å². The molecule has 0 spiro atoms. The van der Waals surface area contributed by atoms with Crippen LogP contribution in [0.4, 0.5) is 5.69 Å². The first-order valence-corrected chi connectivity index (χ1v) is 8.22. The Kier molecular flexibility index (Phi) is 5.76. The highest BCUT2D eigenvalue weighted by molar-refractivity contribution is 9.10. The second-order valence-corrected chi connectivity index (χ2v) is 5.88. The SMILES string of the molecule is O=[N+]([O-])c1ccc(CCOc2ccc(Br)cc2CBr)cc1. The van der Waals surface area contributed by atoms with Gasteiger partial charge in [0.1, 0.15) is 5.75 Å². The van der Waals surface area contributed by atoms with Crippen molar-refractivity contribution in [2.45, 2.75) is 11.8 Å². The van der Waals surface area contributed by atoms with E-state index in [1.54, 1.807) is 12.1 Å². The molecule has 0 fully saturated rings. The molecule has 4 nitrogen and oxygen atoms in total. The molecule has 0 aromatic heterocycles.